The van der Waals surface area contributed by atoms with Gasteiger partial charge in [-0.25, -0.2) is 0 Å². The van der Waals surface area contributed by atoms with Crippen molar-refractivity contribution in [2.45, 2.75) is 31.7 Å². The summed E-state index contributed by atoms with van der Waals surface area (Å²) in [4.78, 5) is 11.1. The van der Waals surface area contributed by atoms with E-state index in [2.05, 4.69) is 10.6 Å². The number of carbonyl (C=O) groups excluding carboxylic acids is 1. The zero-order valence-corrected chi connectivity index (χ0v) is 8.88. The lowest BCUT2D eigenvalue weighted by Gasteiger charge is -2.15. The molecular weight excluding hydrogens is 178 g/mol. The van der Waals surface area contributed by atoms with Gasteiger partial charge in [0.05, 0.1) is 0 Å². The molecule has 1 atom stereocenters. The molecule has 0 spiro atoms. The van der Waals surface area contributed by atoms with Crippen LogP contribution in [0.5, 0.6) is 0 Å². The number of rotatable bonds is 7. The van der Waals surface area contributed by atoms with Crippen molar-refractivity contribution in [2.24, 2.45) is 11.7 Å². The molecule has 0 aromatic carbocycles. The first-order valence-corrected chi connectivity index (χ1v) is 5.40. The van der Waals surface area contributed by atoms with Gasteiger partial charge in [0.1, 0.15) is 0 Å². The lowest BCUT2D eigenvalue weighted by molar-refractivity contribution is -0.121. The summed E-state index contributed by atoms with van der Waals surface area (Å²) in [5.41, 5.74) is 5.57. The molecule has 0 aromatic rings. The highest BCUT2D eigenvalue weighted by molar-refractivity contribution is 5.76. The molecule has 0 saturated heterocycles. The van der Waals surface area contributed by atoms with E-state index in [1.807, 2.05) is 0 Å². The number of hydrogen-bond acceptors (Lipinski definition) is 3. The first kappa shape index (κ1) is 11.5. The Bertz CT molecular complexity index is 180. The predicted molar refractivity (Wildman–Crippen MR) is 56.9 cm³/mol. The number of hydrogen-bond donors (Lipinski definition) is 3. The monoisotopic (exact) mass is 199 g/mol. The molecule has 4 N–H and O–H groups in total. The van der Waals surface area contributed by atoms with E-state index in [1.165, 1.54) is 19.3 Å². The minimum Gasteiger partial charge on any atom is -0.359 e. The van der Waals surface area contributed by atoms with Gasteiger partial charge in [-0.1, -0.05) is 12.8 Å². The molecule has 1 fully saturated rings. The van der Waals surface area contributed by atoms with Crippen LogP contribution in [0.4, 0.5) is 0 Å². The maximum atomic E-state index is 11.1. The van der Waals surface area contributed by atoms with Crippen molar-refractivity contribution < 1.29 is 4.79 Å². The summed E-state index contributed by atoms with van der Waals surface area (Å²) in [7, 11) is 1.65. The van der Waals surface area contributed by atoms with E-state index >= 15 is 0 Å². The van der Waals surface area contributed by atoms with Gasteiger partial charge in [0, 0.05) is 26.1 Å². The number of amides is 1. The molecule has 1 aliphatic rings. The van der Waals surface area contributed by atoms with Crippen LogP contribution in [0.2, 0.25) is 0 Å². The molecule has 1 rings (SSSR count). The minimum absolute atomic E-state index is 0.0550. The normalized spacial score (nSPS) is 17.9. The Morgan fingerprint density at radius 3 is 2.79 bits per heavy atom. The van der Waals surface area contributed by atoms with Crippen molar-refractivity contribution in [1.29, 1.82) is 0 Å². The van der Waals surface area contributed by atoms with Crippen molar-refractivity contribution in [1.82, 2.24) is 10.6 Å². The third kappa shape index (κ3) is 4.58. The molecule has 82 valence electrons. The van der Waals surface area contributed by atoms with Gasteiger partial charge >= 0.3 is 0 Å². The van der Waals surface area contributed by atoms with Crippen LogP contribution in [0.1, 0.15) is 25.7 Å². The Morgan fingerprint density at radius 2 is 2.29 bits per heavy atom. The predicted octanol–water partition coefficient (Wildman–Crippen LogP) is -0.160. The number of nitrogens with one attached hydrogen (secondary N) is 2. The standard InChI is InChI=1S/C10H21N3O/c1-12-10(14)6-9(7-11)13-5-4-8-2-3-8/h8-9,13H,2-7,11H2,1H3,(H,12,14). The average molecular weight is 199 g/mol. The molecule has 0 radical (unpaired) electrons. The van der Waals surface area contributed by atoms with E-state index in [1.54, 1.807) is 7.05 Å². The second kappa shape index (κ2) is 5.98. The van der Waals surface area contributed by atoms with Crippen LogP contribution in [0.3, 0.4) is 0 Å². The highest BCUT2D eigenvalue weighted by Gasteiger charge is 2.20. The van der Waals surface area contributed by atoms with E-state index in [0.29, 0.717) is 13.0 Å². The fourth-order valence-electron chi connectivity index (χ4n) is 1.46. The first-order chi connectivity index (χ1) is 6.76. The first-order valence-electron chi connectivity index (χ1n) is 5.40. The van der Waals surface area contributed by atoms with Gasteiger partial charge in [0.25, 0.3) is 0 Å². The summed E-state index contributed by atoms with van der Waals surface area (Å²) in [5.74, 6) is 0.986. The summed E-state index contributed by atoms with van der Waals surface area (Å²) < 4.78 is 0. The van der Waals surface area contributed by atoms with Gasteiger partial charge in [-0.2, -0.15) is 0 Å². The molecular formula is C10H21N3O. The Hall–Kier alpha value is -0.610. The third-order valence-corrected chi connectivity index (χ3v) is 2.68. The number of carbonyl (C=O) groups is 1. The topological polar surface area (TPSA) is 67.2 Å². The smallest absolute Gasteiger partial charge is 0.221 e. The fraction of sp³-hybridized carbons (Fsp3) is 0.900. The van der Waals surface area contributed by atoms with Crippen LogP contribution in [0, 0.1) is 5.92 Å². The molecule has 4 nitrogen and oxygen atoms in total. The maximum absolute atomic E-state index is 11.1. The van der Waals surface area contributed by atoms with E-state index in [4.69, 9.17) is 5.73 Å². The second-order valence-electron chi connectivity index (χ2n) is 4.00. The van der Waals surface area contributed by atoms with Crippen LogP contribution in [0.25, 0.3) is 0 Å². The lowest BCUT2D eigenvalue weighted by atomic mass is 10.2. The molecule has 1 unspecified atom stereocenters. The molecule has 0 bridgehead atoms. The highest BCUT2D eigenvalue weighted by atomic mass is 16.1. The lowest BCUT2D eigenvalue weighted by Crippen LogP contribution is -2.40. The van der Waals surface area contributed by atoms with Gasteiger partial charge in [0.2, 0.25) is 5.91 Å². The Morgan fingerprint density at radius 1 is 1.57 bits per heavy atom. The quantitative estimate of drug-likeness (QED) is 0.534. The van der Waals surface area contributed by atoms with Crippen molar-refractivity contribution in [2.75, 3.05) is 20.1 Å². The zero-order chi connectivity index (χ0) is 10.4. The second-order valence-corrected chi connectivity index (χ2v) is 4.00. The summed E-state index contributed by atoms with van der Waals surface area (Å²) in [6.07, 6.45) is 4.47. The summed E-state index contributed by atoms with van der Waals surface area (Å²) in [6, 6.07) is 0.133. The van der Waals surface area contributed by atoms with E-state index in [-0.39, 0.29) is 11.9 Å². The molecule has 4 heteroatoms. The van der Waals surface area contributed by atoms with Crippen molar-refractivity contribution >= 4 is 5.91 Å². The van der Waals surface area contributed by atoms with Gasteiger partial charge in [0.15, 0.2) is 0 Å². The van der Waals surface area contributed by atoms with Gasteiger partial charge in [-0.3, -0.25) is 4.79 Å². The summed E-state index contributed by atoms with van der Waals surface area (Å²) in [6.45, 7) is 1.52. The van der Waals surface area contributed by atoms with Gasteiger partial charge in [-0.05, 0) is 18.9 Å². The molecule has 0 aromatic heterocycles. The molecule has 1 saturated carbocycles. The van der Waals surface area contributed by atoms with Gasteiger partial charge < -0.3 is 16.4 Å². The zero-order valence-electron chi connectivity index (χ0n) is 8.88. The van der Waals surface area contributed by atoms with Gasteiger partial charge in [-0.15, -0.1) is 0 Å². The van der Waals surface area contributed by atoms with E-state index in [0.717, 1.165) is 12.5 Å². The van der Waals surface area contributed by atoms with Crippen molar-refractivity contribution in [3.05, 3.63) is 0 Å². The molecule has 1 aliphatic carbocycles. The SMILES string of the molecule is CNC(=O)CC(CN)NCCC1CC1. The van der Waals surface area contributed by atoms with Crippen LogP contribution in [0.15, 0.2) is 0 Å². The molecule has 0 aliphatic heterocycles. The van der Waals surface area contributed by atoms with E-state index in [9.17, 15) is 4.79 Å². The van der Waals surface area contributed by atoms with Crippen LogP contribution in [-0.4, -0.2) is 32.1 Å². The minimum atomic E-state index is 0.0550. The number of nitrogens with two attached hydrogens (primary N) is 1. The molecule has 14 heavy (non-hydrogen) atoms. The molecule has 0 heterocycles. The van der Waals surface area contributed by atoms with Crippen LogP contribution < -0.4 is 16.4 Å². The summed E-state index contributed by atoms with van der Waals surface area (Å²) >= 11 is 0. The van der Waals surface area contributed by atoms with Crippen LogP contribution in [-0.2, 0) is 4.79 Å². The van der Waals surface area contributed by atoms with E-state index < -0.39 is 0 Å². The van der Waals surface area contributed by atoms with Crippen molar-refractivity contribution in [3.63, 3.8) is 0 Å². The van der Waals surface area contributed by atoms with Crippen LogP contribution >= 0.6 is 0 Å². The third-order valence-electron chi connectivity index (χ3n) is 2.68. The molecule has 1 amide bonds. The van der Waals surface area contributed by atoms with Crippen molar-refractivity contribution in [3.8, 4) is 0 Å². The largest absolute Gasteiger partial charge is 0.359 e. The summed E-state index contributed by atoms with van der Waals surface area (Å²) in [5, 5.41) is 5.93. The highest BCUT2D eigenvalue weighted by Crippen LogP contribution is 2.31. The fourth-order valence-corrected chi connectivity index (χ4v) is 1.46. The Labute approximate surface area is 85.6 Å². The Balaban J connectivity index is 2.06. The average Bonchev–Trinajstić information content (AvgIpc) is 2.99. The Kier molecular flexibility index (Phi) is 4.90. The maximum Gasteiger partial charge on any atom is 0.221 e.